The molecule has 0 spiro atoms. The van der Waals surface area contributed by atoms with Gasteiger partial charge in [0.05, 0.1) is 5.75 Å². The van der Waals surface area contributed by atoms with Crippen LogP contribution in [-0.2, 0) is 4.79 Å². The van der Waals surface area contributed by atoms with Crippen LogP contribution in [0.3, 0.4) is 0 Å². The minimum absolute atomic E-state index is 0.0732. The summed E-state index contributed by atoms with van der Waals surface area (Å²) in [6.45, 7) is 2.03. The van der Waals surface area contributed by atoms with Gasteiger partial charge in [0.1, 0.15) is 0 Å². The number of para-hydroxylation sites is 1. The Morgan fingerprint density at radius 3 is 2.68 bits per heavy atom. The summed E-state index contributed by atoms with van der Waals surface area (Å²) in [5.74, 6) is 0.214. The number of amides is 1. The monoisotopic (exact) mass is 434 g/mol. The van der Waals surface area contributed by atoms with Crippen LogP contribution in [-0.4, -0.2) is 21.9 Å². The number of aryl methyl sites for hydroxylation is 1. The number of anilines is 3. The lowest BCUT2D eigenvalue weighted by Crippen LogP contribution is -2.13. The number of carbonyl (C=O) groups is 1. The van der Waals surface area contributed by atoms with Crippen molar-refractivity contribution >= 4 is 61.4 Å². The number of carbonyl (C=O) groups excluding carboxylic acids is 1. The SMILES string of the molecule is Cc1ccccc1Nc1nnc(SCC(=O)Nc2ccc(Br)cc2)s1. The molecule has 3 aromatic rings. The molecule has 0 aliphatic carbocycles. The lowest BCUT2D eigenvalue weighted by Gasteiger charge is -2.04. The van der Waals surface area contributed by atoms with Gasteiger partial charge in [-0.1, -0.05) is 57.2 Å². The fourth-order valence-corrected chi connectivity index (χ4v) is 3.83. The number of hydrogen-bond donors (Lipinski definition) is 2. The van der Waals surface area contributed by atoms with Gasteiger partial charge in [0.25, 0.3) is 0 Å². The molecule has 0 aliphatic heterocycles. The van der Waals surface area contributed by atoms with Crippen LogP contribution in [0.25, 0.3) is 0 Å². The third kappa shape index (κ3) is 5.29. The third-order valence-corrected chi connectivity index (χ3v) is 5.75. The van der Waals surface area contributed by atoms with E-state index in [-0.39, 0.29) is 11.7 Å². The van der Waals surface area contributed by atoms with Gasteiger partial charge in [-0.25, -0.2) is 0 Å². The fraction of sp³-hybridized carbons (Fsp3) is 0.118. The van der Waals surface area contributed by atoms with E-state index in [0.29, 0.717) is 5.13 Å². The van der Waals surface area contributed by atoms with Crippen molar-refractivity contribution in [2.45, 2.75) is 11.3 Å². The zero-order chi connectivity index (χ0) is 17.6. The van der Waals surface area contributed by atoms with Gasteiger partial charge in [0, 0.05) is 15.8 Å². The van der Waals surface area contributed by atoms with Crippen molar-refractivity contribution < 1.29 is 4.79 Å². The van der Waals surface area contributed by atoms with E-state index in [1.807, 2.05) is 55.5 Å². The van der Waals surface area contributed by atoms with Crippen molar-refractivity contribution in [1.82, 2.24) is 10.2 Å². The highest BCUT2D eigenvalue weighted by atomic mass is 79.9. The second kappa shape index (κ2) is 8.46. The molecule has 0 fully saturated rings. The highest BCUT2D eigenvalue weighted by Crippen LogP contribution is 2.28. The van der Waals surface area contributed by atoms with Crippen LogP contribution < -0.4 is 10.6 Å². The van der Waals surface area contributed by atoms with Crippen LogP contribution in [0.15, 0.2) is 57.3 Å². The van der Waals surface area contributed by atoms with E-state index in [4.69, 9.17) is 0 Å². The maximum atomic E-state index is 12.0. The highest BCUT2D eigenvalue weighted by Gasteiger charge is 2.09. The first kappa shape index (κ1) is 17.9. The summed E-state index contributed by atoms with van der Waals surface area (Å²) >= 11 is 6.17. The van der Waals surface area contributed by atoms with Crippen molar-refractivity contribution in [3.63, 3.8) is 0 Å². The van der Waals surface area contributed by atoms with Crippen LogP contribution >= 0.6 is 39.0 Å². The normalized spacial score (nSPS) is 10.5. The number of aromatic nitrogens is 2. The molecular formula is C17H15BrN4OS2. The number of halogens is 1. The Morgan fingerprint density at radius 1 is 1.16 bits per heavy atom. The van der Waals surface area contributed by atoms with Gasteiger partial charge >= 0.3 is 0 Å². The molecule has 0 saturated carbocycles. The molecule has 128 valence electrons. The Labute approximate surface area is 162 Å². The molecule has 5 nitrogen and oxygen atoms in total. The molecular weight excluding hydrogens is 420 g/mol. The topological polar surface area (TPSA) is 66.9 Å². The standard InChI is InChI=1S/C17H15BrN4OS2/c1-11-4-2-3-5-14(11)20-16-21-22-17(25-16)24-10-15(23)19-13-8-6-12(18)7-9-13/h2-9H,10H2,1H3,(H,19,23)(H,20,21). The van der Waals surface area contributed by atoms with Crippen LogP contribution in [0.2, 0.25) is 0 Å². The second-order valence-corrected chi connectivity index (χ2v) is 8.27. The molecule has 0 bridgehead atoms. The molecule has 0 aliphatic rings. The Bertz CT molecular complexity index is 867. The summed E-state index contributed by atoms with van der Waals surface area (Å²) in [5.41, 5.74) is 2.91. The summed E-state index contributed by atoms with van der Waals surface area (Å²) in [7, 11) is 0. The van der Waals surface area contributed by atoms with Crippen molar-refractivity contribution in [2.75, 3.05) is 16.4 Å². The van der Waals surface area contributed by atoms with Gasteiger partial charge in [0.2, 0.25) is 11.0 Å². The molecule has 0 saturated heterocycles. The fourth-order valence-electron chi connectivity index (χ4n) is 2.00. The van der Waals surface area contributed by atoms with Crippen LogP contribution in [0.5, 0.6) is 0 Å². The molecule has 3 rings (SSSR count). The Morgan fingerprint density at radius 2 is 1.92 bits per heavy atom. The molecule has 8 heteroatoms. The number of nitrogens with one attached hydrogen (secondary N) is 2. The van der Waals surface area contributed by atoms with Gasteiger partial charge in [-0.05, 0) is 42.8 Å². The lowest BCUT2D eigenvalue weighted by molar-refractivity contribution is -0.113. The summed E-state index contributed by atoms with van der Waals surface area (Å²) < 4.78 is 1.73. The molecule has 25 heavy (non-hydrogen) atoms. The van der Waals surface area contributed by atoms with Gasteiger partial charge in [-0.15, -0.1) is 10.2 Å². The Hall–Kier alpha value is -1.90. The summed E-state index contributed by atoms with van der Waals surface area (Å²) in [6, 6.07) is 15.5. The number of benzene rings is 2. The van der Waals surface area contributed by atoms with Gasteiger partial charge in [0.15, 0.2) is 4.34 Å². The quantitative estimate of drug-likeness (QED) is 0.529. The van der Waals surface area contributed by atoms with Gasteiger partial charge < -0.3 is 10.6 Å². The van der Waals surface area contributed by atoms with Crippen molar-refractivity contribution in [3.05, 3.63) is 58.6 Å². The molecule has 1 amide bonds. The molecule has 0 radical (unpaired) electrons. The second-order valence-electron chi connectivity index (χ2n) is 5.16. The van der Waals surface area contributed by atoms with E-state index < -0.39 is 0 Å². The first-order chi connectivity index (χ1) is 12.1. The van der Waals surface area contributed by atoms with Gasteiger partial charge in [-0.3, -0.25) is 4.79 Å². The largest absolute Gasteiger partial charge is 0.330 e. The number of thioether (sulfide) groups is 1. The van der Waals surface area contributed by atoms with Gasteiger partial charge in [-0.2, -0.15) is 0 Å². The molecule has 1 aromatic heterocycles. The van der Waals surface area contributed by atoms with Crippen LogP contribution in [0.1, 0.15) is 5.56 Å². The maximum Gasteiger partial charge on any atom is 0.234 e. The predicted octanol–water partition coefficient (Wildman–Crippen LogP) is 5.08. The first-order valence-electron chi connectivity index (χ1n) is 7.44. The number of hydrogen-bond acceptors (Lipinski definition) is 6. The molecule has 2 aromatic carbocycles. The van der Waals surface area contributed by atoms with Crippen molar-refractivity contribution in [1.29, 1.82) is 0 Å². The number of nitrogens with zero attached hydrogens (tertiary/aromatic N) is 2. The minimum atomic E-state index is -0.0732. The third-order valence-electron chi connectivity index (χ3n) is 3.25. The summed E-state index contributed by atoms with van der Waals surface area (Å²) in [6.07, 6.45) is 0. The average Bonchev–Trinajstić information content (AvgIpc) is 3.05. The highest BCUT2D eigenvalue weighted by molar-refractivity contribution is 9.10. The zero-order valence-corrected chi connectivity index (χ0v) is 16.5. The first-order valence-corrected chi connectivity index (χ1v) is 10.0. The summed E-state index contributed by atoms with van der Waals surface area (Å²) in [5, 5.41) is 15.1. The van der Waals surface area contributed by atoms with E-state index in [0.717, 1.165) is 25.8 Å². The lowest BCUT2D eigenvalue weighted by atomic mass is 10.2. The molecule has 0 unspecified atom stereocenters. The van der Waals surface area contributed by atoms with E-state index in [1.165, 1.54) is 23.1 Å². The van der Waals surface area contributed by atoms with Crippen molar-refractivity contribution in [2.24, 2.45) is 0 Å². The van der Waals surface area contributed by atoms with Crippen molar-refractivity contribution in [3.8, 4) is 0 Å². The molecule has 2 N–H and O–H groups in total. The van der Waals surface area contributed by atoms with E-state index in [1.54, 1.807) is 0 Å². The smallest absolute Gasteiger partial charge is 0.234 e. The molecule has 0 atom stereocenters. The van der Waals surface area contributed by atoms with E-state index >= 15 is 0 Å². The maximum absolute atomic E-state index is 12.0. The Balaban J connectivity index is 1.52. The minimum Gasteiger partial charge on any atom is -0.330 e. The van der Waals surface area contributed by atoms with E-state index in [9.17, 15) is 4.79 Å². The average molecular weight is 435 g/mol. The Kier molecular flexibility index (Phi) is 6.06. The van der Waals surface area contributed by atoms with Crippen LogP contribution in [0.4, 0.5) is 16.5 Å². The summed E-state index contributed by atoms with van der Waals surface area (Å²) in [4.78, 5) is 12.0. The number of rotatable bonds is 6. The molecule has 1 heterocycles. The zero-order valence-electron chi connectivity index (χ0n) is 13.3. The van der Waals surface area contributed by atoms with E-state index in [2.05, 4.69) is 36.8 Å². The van der Waals surface area contributed by atoms with Crippen LogP contribution in [0, 0.1) is 6.92 Å². The predicted molar refractivity (Wildman–Crippen MR) is 108 cm³/mol.